The maximum absolute atomic E-state index is 12.3. The molecule has 0 fully saturated rings. The van der Waals surface area contributed by atoms with E-state index in [1.165, 1.54) is 4.57 Å². The van der Waals surface area contributed by atoms with E-state index in [1.807, 2.05) is 38.1 Å². The molecule has 0 saturated carbocycles. The Morgan fingerprint density at radius 1 is 1.16 bits per heavy atom. The second-order valence-corrected chi connectivity index (χ2v) is 4.63. The molecule has 5 heteroatoms. The highest BCUT2D eigenvalue weighted by Gasteiger charge is 2.12. The zero-order chi connectivity index (χ0) is 13.6. The molecule has 0 amide bonds. The SMILES string of the molecule is Cc1cc(C)n(-c2nc3ccccc3c(=O)n2C)n1. The summed E-state index contributed by atoms with van der Waals surface area (Å²) in [6, 6.07) is 9.30. The number of benzene rings is 1. The van der Waals surface area contributed by atoms with Gasteiger partial charge in [0.1, 0.15) is 0 Å². The van der Waals surface area contributed by atoms with E-state index in [-0.39, 0.29) is 5.56 Å². The van der Waals surface area contributed by atoms with Crippen LogP contribution in [0.1, 0.15) is 11.4 Å². The van der Waals surface area contributed by atoms with Crippen LogP contribution in [0.2, 0.25) is 0 Å². The van der Waals surface area contributed by atoms with Gasteiger partial charge < -0.3 is 0 Å². The Hall–Kier alpha value is -2.43. The topological polar surface area (TPSA) is 52.7 Å². The van der Waals surface area contributed by atoms with Gasteiger partial charge in [0.25, 0.3) is 5.56 Å². The van der Waals surface area contributed by atoms with Gasteiger partial charge in [-0.3, -0.25) is 9.36 Å². The molecule has 0 spiro atoms. The lowest BCUT2D eigenvalue weighted by Gasteiger charge is -2.10. The highest BCUT2D eigenvalue weighted by Crippen LogP contribution is 2.12. The third kappa shape index (κ3) is 1.74. The van der Waals surface area contributed by atoms with Crippen molar-refractivity contribution in [2.75, 3.05) is 0 Å². The molecule has 2 heterocycles. The van der Waals surface area contributed by atoms with Crippen LogP contribution < -0.4 is 5.56 Å². The molecule has 1 aromatic carbocycles. The van der Waals surface area contributed by atoms with Gasteiger partial charge in [0, 0.05) is 12.7 Å². The summed E-state index contributed by atoms with van der Waals surface area (Å²) in [5.74, 6) is 0.536. The number of aryl methyl sites for hydroxylation is 2. The maximum atomic E-state index is 12.3. The molecule has 0 unspecified atom stereocenters. The van der Waals surface area contributed by atoms with E-state index in [0.29, 0.717) is 16.9 Å². The van der Waals surface area contributed by atoms with Gasteiger partial charge in [0.05, 0.1) is 16.6 Å². The molecule has 0 atom stereocenters. The predicted octanol–water partition coefficient (Wildman–Crippen LogP) is 1.74. The second-order valence-electron chi connectivity index (χ2n) is 4.63. The third-order valence-electron chi connectivity index (χ3n) is 3.16. The van der Waals surface area contributed by atoms with Crippen molar-refractivity contribution >= 4 is 10.9 Å². The molecule has 0 N–H and O–H groups in total. The number of nitrogens with zero attached hydrogens (tertiary/aromatic N) is 4. The Morgan fingerprint density at radius 3 is 2.58 bits per heavy atom. The van der Waals surface area contributed by atoms with Crippen LogP contribution in [0, 0.1) is 13.8 Å². The van der Waals surface area contributed by atoms with E-state index in [0.717, 1.165) is 11.4 Å². The van der Waals surface area contributed by atoms with Crippen molar-refractivity contribution in [3.05, 3.63) is 52.1 Å². The van der Waals surface area contributed by atoms with Gasteiger partial charge in [-0.05, 0) is 32.0 Å². The molecule has 0 aliphatic rings. The van der Waals surface area contributed by atoms with Gasteiger partial charge in [-0.25, -0.2) is 9.67 Å². The largest absolute Gasteiger partial charge is 0.280 e. The summed E-state index contributed by atoms with van der Waals surface area (Å²) >= 11 is 0. The molecule has 0 radical (unpaired) electrons. The third-order valence-corrected chi connectivity index (χ3v) is 3.16. The van der Waals surface area contributed by atoms with Gasteiger partial charge in [-0.15, -0.1) is 0 Å². The van der Waals surface area contributed by atoms with Gasteiger partial charge in [0.15, 0.2) is 0 Å². The first kappa shape index (κ1) is 11.6. The van der Waals surface area contributed by atoms with Crippen LogP contribution in [0.25, 0.3) is 16.9 Å². The molecule has 0 bridgehead atoms. The Labute approximate surface area is 110 Å². The minimum atomic E-state index is -0.0619. The highest BCUT2D eigenvalue weighted by atomic mass is 16.1. The fourth-order valence-corrected chi connectivity index (χ4v) is 2.23. The minimum Gasteiger partial charge on any atom is -0.280 e. The van der Waals surface area contributed by atoms with Crippen molar-refractivity contribution in [1.29, 1.82) is 0 Å². The fourth-order valence-electron chi connectivity index (χ4n) is 2.23. The van der Waals surface area contributed by atoms with Crippen LogP contribution in [0.15, 0.2) is 35.1 Å². The standard InChI is InChI=1S/C14H14N4O/c1-9-8-10(2)18(16-9)14-15-12-7-5-4-6-11(12)13(19)17(14)3/h4-8H,1-3H3. The Morgan fingerprint density at radius 2 is 1.89 bits per heavy atom. The molecule has 0 aliphatic heterocycles. The maximum Gasteiger partial charge on any atom is 0.262 e. The van der Waals surface area contributed by atoms with Crippen molar-refractivity contribution < 1.29 is 0 Å². The predicted molar refractivity (Wildman–Crippen MR) is 73.6 cm³/mol. The van der Waals surface area contributed by atoms with Gasteiger partial charge >= 0.3 is 0 Å². The van der Waals surface area contributed by atoms with Crippen LogP contribution in [0.3, 0.4) is 0 Å². The number of hydrogen-bond donors (Lipinski definition) is 0. The fraction of sp³-hybridized carbons (Fsp3) is 0.214. The first-order chi connectivity index (χ1) is 9.08. The molecule has 19 heavy (non-hydrogen) atoms. The number of aromatic nitrogens is 4. The van der Waals surface area contributed by atoms with E-state index in [9.17, 15) is 4.79 Å². The van der Waals surface area contributed by atoms with Crippen molar-refractivity contribution in [2.45, 2.75) is 13.8 Å². The van der Waals surface area contributed by atoms with Gasteiger partial charge in [-0.2, -0.15) is 5.10 Å². The minimum absolute atomic E-state index is 0.0619. The molecular weight excluding hydrogens is 240 g/mol. The average Bonchev–Trinajstić information content (AvgIpc) is 2.73. The number of rotatable bonds is 1. The van der Waals surface area contributed by atoms with Crippen LogP contribution in [-0.2, 0) is 7.05 Å². The average molecular weight is 254 g/mol. The molecule has 3 aromatic rings. The summed E-state index contributed by atoms with van der Waals surface area (Å²) in [4.78, 5) is 16.9. The summed E-state index contributed by atoms with van der Waals surface area (Å²) in [5.41, 5.74) is 2.48. The van der Waals surface area contributed by atoms with E-state index in [2.05, 4.69) is 10.1 Å². The Bertz CT molecular complexity index is 829. The first-order valence-corrected chi connectivity index (χ1v) is 6.07. The van der Waals surface area contributed by atoms with Crippen LogP contribution in [0.5, 0.6) is 0 Å². The Balaban J connectivity index is 2.39. The normalized spacial score (nSPS) is 11.1. The van der Waals surface area contributed by atoms with E-state index < -0.39 is 0 Å². The van der Waals surface area contributed by atoms with Crippen LogP contribution in [0.4, 0.5) is 0 Å². The lowest BCUT2D eigenvalue weighted by molar-refractivity contribution is 0.697. The van der Waals surface area contributed by atoms with Gasteiger partial charge in [0.2, 0.25) is 5.95 Å². The molecule has 3 rings (SSSR count). The quantitative estimate of drug-likeness (QED) is 0.664. The Kier molecular flexibility index (Phi) is 2.48. The number of hydrogen-bond acceptors (Lipinski definition) is 3. The monoisotopic (exact) mass is 254 g/mol. The van der Waals surface area contributed by atoms with Crippen molar-refractivity contribution in [1.82, 2.24) is 19.3 Å². The van der Waals surface area contributed by atoms with Crippen molar-refractivity contribution in [3.8, 4) is 5.95 Å². The summed E-state index contributed by atoms with van der Waals surface area (Å²) in [5, 5.41) is 5.00. The lowest BCUT2D eigenvalue weighted by Crippen LogP contribution is -2.24. The van der Waals surface area contributed by atoms with E-state index in [1.54, 1.807) is 17.8 Å². The first-order valence-electron chi connectivity index (χ1n) is 6.07. The van der Waals surface area contributed by atoms with Crippen molar-refractivity contribution in [3.63, 3.8) is 0 Å². The second kappa shape index (κ2) is 4.05. The van der Waals surface area contributed by atoms with E-state index >= 15 is 0 Å². The van der Waals surface area contributed by atoms with Crippen LogP contribution >= 0.6 is 0 Å². The van der Waals surface area contributed by atoms with Crippen LogP contribution in [-0.4, -0.2) is 19.3 Å². The van der Waals surface area contributed by atoms with Crippen molar-refractivity contribution in [2.24, 2.45) is 7.05 Å². The molecular formula is C14H14N4O. The molecule has 0 aliphatic carbocycles. The number of para-hydroxylation sites is 1. The summed E-state index contributed by atoms with van der Waals surface area (Å²) in [6.07, 6.45) is 0. The molecule has 96 valence electrons. The number of fused-ring (bicyclic) bond motifs is 1. The summed E-state index contributed by atoms with van der Waals surface area (Å²) in [7, 11) is 1.72. The van der Waals surface area contributed by atoms with E-state index in [4.69, 9.17) is 0 Å². The molecule has 5 nitrogen and oxygen atoms in total. The molecule has 0 saturated heterocycles. The smallest absolute Gasteiger partial charge is 0.262 e. The molecule has 2 aromatic heterocycles. The van der Waals surface area contributed by atoms with Gasteiger partial charge in [-0.1, -0.05) is 12.1 Å². The summed E-state index contributed by atoms with van der Waals surface area (Å²) < 4.78 is 3.23. The zero-order valence-electron chi connectivity index (χ0n) is 11.1. The lowest BCUT2D eigenvalue weighted by atomic mass is 10.2. The summed E-state index contributed by atoms with van der Waals surface area (Å²) in [6.45, 7) is 3.87. The highest BCUT2D eigenvalue weighted by molar-refractivity contribution is 5.77. The zero-order valence-corrected chi connectivity index (χ0v) is 11.1.